The van der Waals surface area contributed by atoms with Gasteiger partial charge in [0.1, 0.15) is 0 Å². The molecule has 0 aliphatic rings. The minimum absolute atomic E-state index is 0.0940. The summed E-state index contributed by atoms with van der Waals surface area (Å²) in [5, 5.41) is 0. The van der Waals surface area contributed by atoms with Gasteiger partial charge >= 0.3 is 0 Å². The number of halogens is 1. The molecule has 0 atom stereocenters. The summed E-state index contributed by atoms with van der Waals surface area (Å²) < 4.78 is 11.5. The highest BCUT2D eigenvalue weighted by Crippen LogP contribution is 1.87. The van der Waals surface area contributed by atoms with Crippen LogP contribution in [-0.4, -0.2) is 18.5 Å². The Morgan fingerprint density at radius 2 is 2.00 bits per heavy atom. The van der Waals surface area contributed by atoms with Crippen LogP contribution in [0.25, 0.3) is 0 Å². The SMILES string of the molecule is CC(=O)NNC(=O)CCCF. The van der Waals surface area contributed by atoms with Gasteiger partial charge in [0, 0.05) is 13.3 Å². The van der Waals surface area contributed by atoms with Crippen LogP contribution in [0.3, 0.4) is 0 Å². The van der Waals surface area contributed by atoms with Gasteiger partial charge in [0.15, 0.2) is 0 Å². The van der Waals surface area contributed by atoms with Crippen molar-refractivity contribution in [3.63, 3.8) is 0 Å². The average molecular weight is 162 g/mol. The number of hydrogen-bond acceptors (Lipinski definition) is 2. The van der Waals surface area contributed by atoms with E-state index in [-0.39, 0.29) is 24.7 Å². The van der Waals surface area contributed by atoms with Gasteiger partial charge in [-0.15, -0.1) is 0 Å². The summed E-state index contributed by atoms with van der Waals surface area (Å²) in [6.07, 6.45) is 0.280. The predicted octanol–water partition coefficient (Wildman–Crippen LogP) is -0.0966. The molecule has 0 radical (unpaired) electrons. The number of nitrogens with one attached hydrogen (secondary N) is 2. The monoisotopic (exact) mass is 162 g/mol. The van der Waals surface area contributed by atoms with Crippen molar-refractivity contribution in [1.82, 2.24) is 10.9 Å². The Morgan fingerprint density at radius 3 is 2.45 bits per heavy atom. The van der Waals surface area contributed by atoms with Gasteiger partial charge in [0.05, 0.1) is 6.67 Å². The van der Waals surface area contributed by atoms with E-state index in [1.165, 1.54) is 6.92 Å². The van der Waals surface area contributed by atoms with E-state index in [2.05, 4.69) is 10.9 Å². The van der Waals surface area contributed by atoms with Gasteiger partial charge < -0.3 is 0 Å². The molecule has 2 amide bonds. The zero-order chi connectivity index (χ0) is 8.69. The molecule has 0 rings (SSSR count). The molecule has 0 spiro atoms. The van der Waals surface area contributed by atoms with Crippen molar-refractivity contribution in [1.29, 1.82) is 0 Å². The van der Waals surface area contributed by atoms with Crippen LogP contribution in [-0.2, 0) is 9.59 Å². The molecule has 0 aliphatic heterocycles. The summed E-state index contributed by atoms with van der Waals surface area (Å²) in [6.45, 7) is 0.753. The third-order valence-corrected chi connectivity index (χ3v) is 0.915. The van der Waals surface area contributed by atoms with Gasteiger partial charge in [-0.3, -0.25) is 24.8 Å². The molecule has 11 heavy (non-hydrogen) atoms. The van der Waals surface area contributed by atoms with Crippen LogP contribution < -0.4 is 10.9 Å². The number of carbonyl (C=O) groups is 2. The van der Waals surface area contributed by atoms with Crippen LogP contribution >= 0.6 is 0 Å². The van der Waals surface area contributed by atoms with Gasteiger partial charge in [-0.25, -0.2) is 0 Å². The second kappa shape index (κ2) is 5.64. The van der Waals surface area contributed by atoms with Crippen LogP contribution in [0.2, 0.25) is 0 Å². The van der Waals surface area contributed by atoms with Crippen molar-refractivity contribution in [3.05, 3.63) is 0 Å². The Hall–Kier alpha value is -1.13. The first kappa shape index (κ1) is 9.87. The second-order valence-corrected chi connectivity index (χ2v) is 2.02. The van der Waals surface area contributed by atoms with Crippen molar-refractivity contribution in [3.8, 4) is 0 Å². The first-order valence-electron chi connectivity index (χ1n) is 3.28. The summed E-state index contributed by atoms with van der Waals surface area (Å²) in [5.74, 6) is -0.726. The van der Waals surface area contributed by atoms with Crippen LogP contribution in [0, 0.1) is 0 Å². The lowest BCUT2D eigenvalue weighted by Gasteiger charge is -2.02. The van der Waals surface area contributed by atoms with E-state index in [1.807, 2.05) is 0 Å². The molecule has 4 nitrogen and oxygen atoms in total. The van der Waals surface area contributed by atoms with E-state index in [1.54, 1.807) is 0 Å². The zero-order valence-corrected chi connectivity index (χ0v) is 6.32. The van der Waals surface area contributed by atoms with Gasteiger partial charge in [-0.2, -0.15) is 0 Å². The molecule has 0 aromatic heterocycles. The van der Waals surface area contributed by atoms with Crippen molar-refractivity contribution in [2.24, 2.45) is 0 Å². The summed E-state index contributed by atoms with van der Waals surface area (Å²) in [5.41, 5.74) is 4.21. The number of hydrogen-bond donors (Lipinski definition) is 2. The van der Waals surface area contributed by atoms with Crippen molar-refractivity contribution in [2.45, 2.75) is 19.8 Å². The van der Waals surface area contributed by atoms with E-state index in [4.69, 9.17) is 0 Å². The molecule has 0 heterocycles. The lowest BCUT2D eigenvalue weighted by Crippen LogP contribution is -2.40. The smallest absolute Gasteiger partial charge is 0.238 e. The number of carbonyl (C=O) groups excluding carboxylic acids is 2. The Labute approximate surface area is 64.1 Å². The molecule has 0 aliphatic carbocycles. The molecule has 0 aromatic rings. The Kier molecular flexibility index (Phi) is 5.06. The number of amides is 2. The maximum Gasteiger partial charge on any atom is 0.238 e. The molecule has 64 valence electrons. The van der Waals surface area contributed by atoms with Gasteiger partial charge in [0.2, 0.25) is 11.8 Å². The highest BCUT2D eigenvalue weighted by Gasteiger charge is 1.99. The van der Waals surface area contributed by atoms with Crippen molar-refractivity contribution in [2.75, 3.05) is 6.67 Å². The maximum absolute atomic E-state index is 11.5. The van der Waals surface area contributed by atoms with Crippen molar-refractivity contribution >= 4 is 11.8 Å². The summed E-state index contributed by atoms with van der Waals surface area (Å²) in [7, 11) is 0. The minimum Gasteiger partial charge on any atom is -0.274 e. The highest BCUT2D eigenvalue weighted by atomic mass is 19.1. The van der Waals surface area contributed by atoms with Crippen LogP contribution in [0.15, 0.2) is 0 Å². The number of rotatable bonds is 3. The molecule has 0 saturated carbocycles. The third-order valence-electron chi connectivity index (χ3n) is 0.915. The van der Waals surface area contributed by atoms with Gasteiger partial charge in [0.25, 0.3) is 0 Å². The maximum atomic E-state index is 11.5. The quantitative estimate of drug-likeness (QED) is 0.569. The highest BCUT2D eigenvalue weighted by molar-refractivity contribution is 5.80. The van der Waals surface area contributed by atoms with Gasteiger partial charge in [-0.1, -0.05) is 0 Å². The van der Waals surface area contributed by atoms with E-state index in [9.17, 15) is 14.0 Å². The average Bonchev–Trinajstić information content (AvgIpc) is 1.97. The van der Waals surface area contributed by atoms with E-state index < -0.39 is 6.67 Å². The first-order valence-corrected chi connectivity index (χ1v) is 3.28. The van der Waals surface area contributed by atoms with Crippen molar-refractivity contribution < 1.29 is 14.0 Å². The fourth-order valence-electron chi connectivity index (χ4n) is 0.448. The molecule has 0 bridgehead atoms. The Morgan fingerprint density at radius 1 is 1.36 bits per heavy atom. The number of alkyl halides is 1. The predicted molar refractivity (Wildman–Crippen MR) is 37.2 cm³/mol. The molecule has 0 saturated heterocycles. The van der Waals surface area contributed by atoms with Crippen LogP contribution in [0.5, 0.6) is 0 Å². The molecule has 5 heteroatoms. The Balaban J connectivity index is 3.30. The molecular weight excluding hydrogens is 151 g/mol. The largest absolute Gasteiger partial charge is 0.274 e. The minimum atomic E-state index is -0.520. The fraction of sp³-hybridized carbons (Fsp3) is 0.667. The third kappa shape index (κ3) is 6.76. The lowest BCUT2D eigenvalue weighted by atomic mass is 10.3. The zero-order valence-electron chi connectivity index (χ0n) is 6.32. The number of hydrazine groups is 1. The summed E-state index contributed by atoms with van der Waals surface area (Å²) in [4.78, 5) is 20.8. The first-order chi connectivity index (χ1) is 5.16. The van der Waals surface area contributed by atoms with Crippen LogP contribution in [0.1, 0.15) is 19.8 Å². The molecule has 0 unspecified atom stereocenters. The summed E-state index contributed by atoms with van der Waals surface area (Å²) >= 11 is 0. The molecule has 0 fully saturated rings. The molecule has 0 aromatic carbocycles. The lowest BCUT2D eigenvalue weighted by molar-refractivity contribution is -0.127. The van der Waals surface area contributed by atoms with Gasteiger partial charge in [-0.05, 0) is 6.42 Å². The molecular formula is C6H11FN2O2. The standard InChI is InChI=1S/C6H11FN2O2/c1-5(10)8-9-6(11)3-2-4-7/h2-4H2,1H3,(H,8,10)(H,9,11). The Bertz CT molecular complexity index is 150. The van der Waals surface area contributed by atoms with E-state index in [0.29, 0.717) is 0 Å². The normalized spacial score (nSPS) is 8.91. The topological polar surface area (TPSA) is 58.2 Å². The van der Waals surface area contributed by atoms with E-state index >= 15 is 0 Å². The van der Waals surface area contributed by atoms with E-state index in [0.717, 1.165) is 0 Å². The summed E-state index contributed by atoms with van der Waals surface area (Å²) in [6, 6.07) is 0. The second-order valence-electron chi connectivity index (χ2n) is 2.02. The molecule has 2 N–H and O–H groups in total. The van der Waals surface area contributed by atoms with Crippen LogP contribution in [0.4, 0.5) is 4.39 Å². The fourth-order valence-corrected chi connectivity index (χ4v) is 0.448.